The van der Waals surface area contributed by atoms with Gasteiger partial charge in [-0.1, -0.05) is 51.2 Å². The predicted octanol–water partition coefficient (Wildman–Crippen LogP) is 6.11. The highest BCUT2D eigenvalue weighted by Gasteiger charge is 2.38. The molecule has 1 aliphatic carbocycles. The number of carbonyl (C=O) groups is 2. The molecule has 35 heavy (non-hydrogen) atoms. The van der Waals surface area contributed by atoms with Gasteiger partial charge in [0.25, 0.3) is 0 Å². The van der Waals surface area contributed by atoms with Gasteiger partial charge in [-0.25, -0.2) is 0 Å². The molecule has 2 amide bonds. The van der Waals surface area contributed by atoms with E-state index in [4.69, 9.17) is 4.42 Å². The van der Waals surface area contributed by atoms with Crippen LogP contribution in [-0.2, 0) is 9.59 Å². The second-order valence-corrected chi connectivity index (χ2v) is 9.83. The minimum Gasteiger partial charge on any atom is -0.467 e. The number of anilines is 1. The van der Waals surface area contributed by atoms with Crippen molar-refractivity contribution in [2.75, 3.05) is 18.0 Å². The van der Waals surface area contributed by atoms with Crippen molar-refractivity contribution in [3.05, 3.63) is 72.4 Å². The molecule has 3 heterocycles. The monoisotopic (exact) mass is 473 g/mol. The van der Waals surface area contributed by atoms with Crippen molar-refractivity contribution in [1.82, 2.24) is 9.47 Å². The van der Waals surface area contributed by atoms with Crippen LogP contribution < -0.4 is 4.90 Å². The van der Waals surface area contributed by atoms with Crippen molar-refractivity contribution in [1.29, 1.82) is 0 Å². The van der Waals surface area contributed by atoms with Crippen molar-refractivity contribution in [2.45, 2.75) is 64.3 Å². The number of para-hydroxylation sites is 2. The molecule has 0 N–H and O–H groups in total. The summed E-state index contributed by atoms with van der Waals surface area (Å²) in [6.45, 7) is 2.81. The van der Waals surface area contributed by atoms with Crippen LogP contribution in [0.25, 0.3) is 5.69 Å². The predicted molar refractivity (Wildman–Crippen MR) is 136 cm³/mol. The van der Waals surface area contributed by atoms with Crippen LogP contribution in [0.15, 0.2) is 65.4 Å². The molecule has 3 aromatic rings. The zero-order valence-corrected chi connectivity index (χ0v) is 20.6. The quantitative estimate of drug-likeness (QED) is 0.377. The van der Waals surface area contributed by atoms with E-state index in [1.807, 2.05) is 59.6 Å². The van der Waals surface area contributed by atoms with Crippen LogP contribution in [0.2, 0.25) is 0 Å². The van der Waals surface area contributed by atoms with Gasteiger partial charge in [0.05, 0.1) is 23.3 Å². The maximum absolute atomic E-state index is 14.0. The number of hydrogen-bond donors (Lipinski definition) is 0. The van der Waals surface area contributed by atoms with E-state index >= 15 is 0 Å². The number of furan rings is 1. The van der Waals surface area contributed by atoms with E-state index in [0.29, 0.717) is 24.6 Å². The van der Waals surface area contributed by atoms with Gasteiger partial charge >= 0.3 is 0 Å². The van der Waals surface area contributed by atoms with E-state index in [9.17, 15) is 9.59 Å². The SMILES string of the molecule is CCCCN(CC(=O)N1c2ccccc2-n2cccc2C1c1ccco1)C(=O)CCC1CCCC1. The molecule has 6 nitrogen and oxygen atoms in total. The van der Waals surface area contributed by atoms with Gasteiger partial charge in [0.15, 0.2) is 0 Å². The van der Waals surface area contributed by atoms with E-state index in [0.717, 1.165) is 36.3 Å². The number of amides is 2. The standard InChI is InChI=1S/C29H35N3O3/c1-2-3-18-30(27(33)17-16-22-10-4-5-11-22)21-28(34)32-24-13-7-6-12-23(24)31-19-8-14-25(31)29(32)26-15-9-20-35-26/h6-9,12-15,19-20,22,29H,2-5,10-11,16-18,21H2,1H3. The van der Waals surface area contributed by atoms with Gasteiger partial charge in [0.1, 0.15) is 18.3 Å². The summed E-state index contributed by atoms with van der Waals surface area (Å²) in [5.74, 6) is 1.38. The second kappa shape index (κ2) is 10.5. The molecule has 0 spiro atoms. The number of unbranched alkanes of at least 4 members (excludes halogenated alkanes) is 1. The number of aromatic nitrogens is 1. The van der Waals surface area contributed by atoms with E-state index in [-0.39, 0.29) is 24.4 Å². The van der Waals surface area contributed by atoms with Gasteiger partial charge in [-0.15, -0.1) is 0 Å². The van der Waals surface area contributed by atoms with E-state index in [1.54, 1.807) is 11.2 Å². The normalized spacial score (nSPS) is 17.3. The first kappa shape index (κ1) is 23.5. The molecule has 1 aliphatic heterocycles. The minimum absolute atomic E-state index is 0.0791. The van der Waals surface area contributed by atoms with E-state index < -0.39 is 0 Å². The average molecular weight is 474 g/mol. The first-order chi connectivity index (χ1) is 17.2. The lowest BCUT2D eigenvalue weighted by Crippen LogP contribution is -2.47. The Morgan fingerprint density at radius 3 is 2.57 bits per heavy atom. The molecule has 1 fully saturated rings. The summed E-state index contributed by atoms with van der Waals surface area (Å²) < 4.78 is 7.94. The zero-order chi connectivity index (χ0) is 24.2. The highest BCUT2D eigenvalue weighted by atomic mass is 16.3. The Morgan fingerprint density at radius 1 is 1.03 bits per heavy atom. The summed E-state index contributed by atoms with van der Waals surface area (Å²) in [5.41, 5.74) is 2.76. The molecular formula is C29H35N3O3. The molecule has 0 bridgehead atoms. The molecule has 1 atom stereocenters. The fraction of sp³-hybridized carbons (Fsp3) is 0.448. The minimum atomic E-state index is -0.385. The molecule has 1 unspecified atom stereocenters. The lowest BCUT2D eigenvalue weighted by molar-refractivity contribution is -0.135. The van der Waals surface area contributed by atoms with Crippen molar-refractivity contribution in [3.63, 3.8) is 0 Å². The molecule has 0 saturated heterocycles. The van der Waals surface area contributed by atoms with E-state index in [1.165, 1.54) is 25.7 Å². The Bertz CT molecular complexity index is 1140. The Morgan fingerprint density at radius 2 is 1.83 bits per heavy atom. The van der Waals surface area contributed by atoms with Crippen LogP contribution in [0.1, 0.15) is 75.8 Å². The molecule has 1 aromatic carbocycles. The van der Waals surface area contributed by atoms with Crippen LogP contribution in [0.5, 0.6) is 0 Å². The molecule has 6 heteroatoms. The lowest BCUT2D eigenvalue weighted by atomic mass is 10.0. The Labute approximate surface area is 207 Å². The molecule has 184 valence electrons. The lowest BCUT2D eigenvalue weighted by Gasteiger charge is -2.38. The number of benzene rings is 1. The first-order valence-electron chi connectivity index (χ1n) is 13.1. The molecule has 0 radical (unpaired) electrons. The molecule has 1 saturated carbocycles. The maximum atomic E-state index is 14.0. The van der Waals surface area contributed by atoms with Crippen LogP contribution in [0, 0.1) is 5.92 Å². The van der Waals surface area contributed by atoms with Crippen molar-refractivity contribution in [2.24, 2.45) is 5.92 Å². The van der Waals surface area contributed by atoms with Crippen molar-refractivity contribution >= 4 is 17.5 Å². The summed E-state index contributed by atoms with van der Waals surface area (Å²) >= 11 is 0. The summed E-state index contributed by atoms with van der Waals surface area (Å²) in [7, 11) is 0. The van der Waals surface area contributed by atoms with Gasteiger partial charge in [-0.2, -0.15) is 0 Å². The third-order valence-electron chi connectivity index (χ3n) is 7.50. The van der Waals surface area contributed by atoms with Crippen molar-refractivity contribution < 1.29 is 14.0 Å². The van der Waals surface area contributed by atoms with Gasteiger partial charge in [0, 0.05) is 19.2 Å². The Kier molecular flexibility index (Phi) is 7.07. The fourth-order valence-corrected chi connectivity index (χ4v) is 5.64. The van der Waals surface area contributed by atoms with E-state index in [2.05, 4.69) is 11.5 Å². The molecule has 2 aliphatic rings. The molecule has 5 rings (SSSR count). The largest absolute Gasteiger partial charge is 0.467 e. The fourth-order valence-electron chi connectivity index (χ4n) is 5.64. The van der Waals surface area contributed by atoms with Gasteiger partial charge in [-0.05, 0) is 55.2 Å². The van der Waals surface area contributed by atoms with Crippen LogP contribution >= 0.6 is 0 Å². The molecular weight excluding hydrogens is 438 g/mol. The number of carbonyl (C=O) groups excluding carboxylic acids is 2. The van der Waals surface area contributed by atoms with Gasteiger partial charge in [0.2, 0.25) is 11.8 Å². The Hall–Kier alpha value is -3.28. The maximum Gasteiger partial charge on any atom is 0.247 e. The average Bonchev–Trinajstić information content (AvgIpc) is 3.67. The summed E-state index contributed by atoms with van der Waals surface area (Å²) in [4.78, 5) is 30.9. The van der Waals surface area contributed by atoms with Gasteiger partial charge < -0.3 is 13.9 Å². The summed E-state index contributed by atoms with van der Waals surface area (Å²) in [6.07, 6.45) is 12.0. The number of nitrogens with zero attached hydrogens (tertiary/aromatic N) is 3. The summed E-state index contributed by atoms with van der Waals surface area (Å²) in [6, 6.07) is 15.4. The van der Waals surface area contributed by atoms with Crippen LogP contribution in [0.3, 0.4) is 0 Å². The van der Waals surface area contributed by atoms with Gasteiger partial charge in [-0.3, -0.25) is 14.5 Å². The number of hydrogen-bond acceptors (Lipinski definition) is 3. The smallest absolute Gasteiger partial charge is 0.247 e. The second-order valence-electron chi connectivity index (χ2n) is 9.83. The highest BCUT2D eigenvalue weighted by Crippen LogP contribution is 2.42. The number of fused-ring (bicyclic) bond motifs is 3. The first-order valence-corrected chi connectivity index (χ1v) is 13.1. The molecule has 2 aromatic heterocycles. The van der Waals surface area contributed by atoms with Crippen molar-refractivity contribution in [3.8, 4) is 5.69 Å². The third kappa shape index (κ3) is 4.79. The number of rotatable bonds is 9. The summed E-state index contributed by atoms with van der Waals surface area (Å²) in [5, 5.41) is 0. The zero-order valence-electron chi connectivity index (χ0n) is 20.6. The Balaban J connectivity index is 1.42. The topological polar surface area (TPSA) is 58.7 Å². The third-order valence-corrected chi connectivity index (χ3v) is 7.50. The van der Waals surface area contributed by atoms with Crippen LogP contribution in [0.4, 0.5) is 5.69 Å². The highest BCUT2D eigenvalue weighted by molar-refractivity contribution is 6.00. The van der Waals surface area contributed by atoms with Crippen LogP contribution in [-0.4, -0.2) is 34.4 Å².